The molecule has 1 amide bonds. The summed E-state index contributed by atoms with van der Waals surface area (Å²) in [5, 5.41) is 8.16. The summed E-state index contributed by atoms with van der Waals surface area (Å²) in [5.41, 5.74) is 5.02. The summed E-state index contributed by atoms with van der Waals surface area (Å²) in [6, 6.07) is 7.80. The van der Waals surface area contributed by atoms with Crippen molar-refractivity contribution in [3.8, 4) is 0 Å². The predicted molar refractivity (Wildman–Crippen MR) is 116 cm³/mol. The average Bonchev–Trinajstić information content (AvgIpc) is 3.17. The highest BCUT2D eigenvalue weighted by Gasteiger charge is 2.19. The Morgan fingerprint density at radius 2 is 2.00 bits per heavy atom. The van der Waals surface area contributed by atoms with Gasteiger partial charge in [-0.1, -0.05) is 29.8 Å². The molecule has 0 unspecified atom stereocenters. The molecule has 1 saturated heterocycles. The number of nitrogens with zero attached hydrogens (tertiary/aromatic N) is 4. The normalized spacial score (nSPS) is 14.9. The van der Waals surface area contributed by atoms with Crippen molar-refractivity contribution in [3.63, 3.8) is 0 Å². The van der Waals surface area contributed by atoms with Gasteiger partial charge in [-0.25, -0.2) is 9.50 Å². The molecule has 7 nitrogen and oxygen atoms in total. The van der Waals surface area contributed by atoms with Crippen LogP contribution in [0.4, 0.5) is 0 Å². The van der Waals surface area contributed by atoms with Crippen molar-refractivity contribution in [1.82, 2.24) is 24.8 Å². The van der Waals surface area contributed by atoms with E-state index in [1.165, 1.54) is 0 Å². The van der Waals surface area contributed by atoms with Gasteiger partial charge in [-0.05, 0) is 31.0 Å². The number of carbonyl (C=O) groups is 1. The number of halogens is 1. The molecular formula is C22H26ClN5O2. The van der Waals surface area contributed by atoms with Crippen molar-refractivity contribution in [3.05, 3.63) is 63.6 Å². The molecule has 8 heteroatoms. The Hall–Kier alpha value is -2.48. The molecule has 0 aliphatic carbocycles. The Morgan fingerprint density at radius 3 is 2.77 bits per heavy atom. The second-order valence-corrected chi connectivity index (χ2v) is 7.94. The molecule has 0 atom stereocenters. The molecule has 0 radical (unpaired) electrons. The molecule has 1 aliphatic rings. The molecular weight excluding hydrogens is 402 g/mol. The van der Waals surface area contributed by atoms with Crippen LogP contribution in [0.25, 0.3) is 5.65 Å². The highest BCUT2D eigenvalue weighted by molar-refractivity contribution is 6.31. The van der Waals surface area contributed by atoms with Crippen molar-refractivity contribution >= 4 is 23.2 Å². The number of benzene rings is 1. The fourth-order valence-corrected chi connectivity index (χ4v) is 4.01. The lowest BCUT2D eigenvalue weighted by atomic mass is 10.0. The van der Waals surface area contributed by atoms with Gasteiger partial charge in [-0.3, -0.25) is 9.69 Å². The number of ether oxygens (including phenoxy) is 1. The maximum absolute atomic E-state index is 12.7. The second-order valence-electron chi connectivity index (χ2n) is 7.53. The first kappa shape index (κ1) is 20.8. The topological polar surface area (TPSA) is 71.8 Å². The number of nitrogens with one attached hydrogen (secondary N) is 1. The van der Waals surface area contributed by atoms with Gasteiger partial charge in [0.2, 0.25) is 0 Å². The standard InChI is InChI=1S/C22H26ClN5O2/c1-15-18(13-17-5-3-4-6-20(17)23)16(2)28-21(26-15)19(14-25-28)22(29)24-7-8-27-9-11-30-12-10-27/h3-6,14H,7-13H2,1-2H3,(H,24,29). The highest BCUT2D eigenvalue weighted by atomic mass is 35.5. The van der Waals surface area contributed by atoms with Gasteiger partial charge in [0.05, 0.1) is 19.4 Å². The maximum atomic E-state index is 12.7. The third-order valence-electron chi connectivity index (χ3n) is 5.60. The molecule has 0 spiro atoms. The highest BCUT2D eigenvalue weighted by Crippen LogP contribution is 2.24. The number of amides is 1. The van der Waals surface area contributed by atoms with Crippen LogP contribution in [-0.4, -0.2) is 64.8 Å². The van der Waals surface area contributed by atoms with Crippen molar-refractivity contribution in [2.45, 2.75) is 20.3 Å². The van der Waals surface area contributed by atoms with Crippen LogP contribution >= 0.6 is 11.6 Å². The number of morpholine rings is 1. The van der Waals surface area contributed by atoms with E-state index in [0.29, 0.717) is 24.2 Å². The molecule has 30 heavy (non-hydrogen) atoms. The molecule has 3 aromatic rings. The van der Waals surface area contributed by atoms with Gasteiger partial charge < -0.3 is 10.1 Å². The largest absolute Gasteiger partial charge is 0.379 e. The summed E-state index contributed by atoms with van der Waals surface area (Å²) < 4.78 is 7.10. The number of hydrogen-bond acceptors (Lipinski definition) is 5. The van der Waals surface area contributed by atoms with Gasteiger partial charge in [0.25, 0.3) is 5.91 Å². The van der Waals surface area contributed by atoms with Crippen molar-refractivity contribution in [2.24, 2.45) is 0 Å². The van der Waals surface area contributed by atoms with E-state index in [-0.39, 0.29) is 5.91 Å². The van der Waals surface area contributed by atoms with Crippen LogP contribution in [0.2, 0.25) is 5.02 Å². The molecule has 2 aromatic heterocycles. The minimum absolute atomic E-state index is 0.150. The van der Waals surface area contributed by atoms with Crippen LogP contribution in [0.5, 0.6) is 0 Å². The summed E-state index contributed by atoms with van der Waals surface area (Å²) >= 11 is 6.34. The molecule has 1 N–H and O–H groups in total. The van der Waals surface area contributed by atoms with Crippen molar-refractivity contribution in [1.29, 1.82) is 0 Å². The van der Waals surface area contributed by atoms with Gasteiger partial charge in [0.15, 0.2) is 5.65 Å². The maximum Gasteiger partial charge on any atom is 0.256 e. The first-order valence-corrected chi connectivity index (χ1v) is 10.6. The summed E-state index contributed by atoms with van der Waals surface area (Å²) in [6.45, 7) is 8.66. The second kappa shape index (κ2) is 9.12. The number of fused-ring (bicyclic) bond motifs is 1. The van der Waals surface area contributed by atoms with Gasteiger partial charge >= 0.3 is 0 Å². The van der Waals surface area contributed by atoms with E-state index in [2.05, 4.69) is 15.3 Å². The fourth-order valence-electron chi connectivity index (χ4n) is 3.81. The average molecular weight is 428 g/mol. The third kappa shape index (κ3) is 4.33. The molecule has 0 bridgehead atoms. The lowest BCUT2D eigenvalue weighted by molar-refractivity contribution is 0.0383. The molecule has 1 fully saturated rings. The van der Waals surface area contributed by atoms with E-state index in [1.807, 2.05) is 38.1 Å². The van der Waals surface area contributed by atoms with Gasteiger partial charge in [-0.15, -0.1) is 0 Å². The Labute approximate surface area is 181 Å². The van der Waals surface area contributed by atoms with Crippen LogP contribution in [-0.2, 0) is 11.2 Å². The summed E-state index contributed by atoms with van der Waals surface area (Å²) in [4.78, 5) is 19.7. The Morgan fingerprint density at radius 1 is 1.23 bits per heavy atom. The molecule has 1 aliphatic heterocycles. The fraction of sp³-hybridized carbons (Fsp3) is 0.409. The van der Waals surface area contributed by atoms with Crippen LogP contribution in [0.3, 0.4) is 0 Å². The van der Waals surface area contributed by atoms with E-state index >= 15 is 0 Å². The zero-order valence-electron chi connectivity index (χ0n) is 17.3. The van der Waals surface area contributed by atoms with Crippen LogP contribution in [0.15, 0.2) is 30.5 Å². The summed E-state index contributed by atoms with van der Waals surface area (Å²) in [5.74, 6) is -0.150. The van der Waals surface area contributed by atoms with E-state index < -0.39 is 0 Å². The van der Waals surface area contributed by atoms with Crippen LogP contribution in [0, 0.1) is 13.8 Å². The molecule has 1 aromatic carbocycles. The SMILES string of the molecule is Cc1nc2c(C(=O)NCCN3CCOCC3)cnn2c(C)c1Cc1ccccc1Cl. The number of aryl methyl sites for hydroxylation is 2. The number of rotatable bonds is 6. The van der Waals surface area contributed by atoms with Gasteiger partial charge in [-0.2, -0.15) is 5.10 Å². The lowest BCUT2D eigenvalue weighted by Gasteiger charge is -2.26. The quantitative estimate of drug-likeness (QED) is 0.654. The van der Waals surface area contributed by atoms with E-state index in [0.717, 1.165) is 60.4 Å². The minimum atomic E-state index is -0.150. The molecule has 3 heterocycles. The zero-order chi connectivity index (χ0) is 21.1. The Bertz CT molecular complexity index is 1060. The van der Waals surface area contributed by atoms with Crippen molar-refractivity contribution < 1.29 is 9.53 Å². The summed E-state index contributed by atoms with van der Waals surface area (Å²) in [6.07, 6.45) is 2.26. The van der Waals surface area contributed by atoms with Gasteiger partial charge in [0, 0.05) is 49.0 Å². The van der Waals surface area contributed by atoms with Gasteiger partial charge in [0.1, 0.15) is 5.56 Å². The Balaban J connectivity index is 1.51. The Kier molecular flexibility index (Phi) is 6.32. The van der Waals surface area contributed by atoms with E-state index in [9.17, 15) is 4.79 Å². The zero-order valence-corrected chi connectivity index (χ0v) is 18.1. The first-order valence-electron chi connectivity index (χ1n) is 10.2. The smallest absolute Gasteiger partial charge is 0.256 e. The van der Waals surface area contributed by atoms with Crippen LogP contribution in [0.1, 0.15) is 32.9 Å². The van der Waals surface area contributed by atoms with E-state index in [4.69, 9.17) is 21.3 Å². The minimum Gasteiger partial charge on any atom is -0.379 e. The first-order chi connectivity index (χ1) is 14.5. The number of hydrogen-bond donors (Lipinski definition) is 1. The third-order valence-corrected chi connectivity index (χ3v) is 5.96. The van der Waals surface area contributed by atoms with Crippen LogP contribution < -0.4 is 5.32 Å². The summed E-state index contributed by atoms with van der Waals surface area (Å²) in [7, 11) is 0. The monoisotopic (exact) mass is 427 g/mol. The molecule has 0 saturated carbocycles. The molecule has 4 rings (SSSR count). The van der Waals surface area contributed by atoms with E-state index in [1.54, 1.807) is 10.7 Å². The van der Waals surface area contributed by atoms with Crippen molar-refractivity contribution in [2.75, 3.05) is 39.4 Å². The number of aromatic nitrogens is 3. The molecule has 158 valence electrons. The predicted octanol–water partition coefficient (Wildman–Crippen LogP) is 2.65. The lowest BCUT2D eigenvalue weighted by Crippen LogP contribution is -2.41. The number of carbonyl (C=O) groups excluding carboxylic acids is 1.